The molecule has 0 radical (unpaired) electrons. The lowest BCUT2D eigenvalue weighted by molar-refractivity contribution is 0.0159. The summed E-state index contributed by atoms with van der Waals surface area (Å²) in [6, 6.07) is 7.45. The minimum absolute atomic E-state index is 0.149. The zero-order chi connectivity index (χ0) is 18.6. The highest BCUT2D eigenvalue weighted by Crippen LogP contribution is 2.28. The van der Waals surface area contributed by atoms with Crippen LogP contribution in [0.1, 0.15) is 46.1 Å². The van der Waals surface area contributed by atoms with E-state index in [0.717, 1.165) is 25.1 Å². The summed E-state index contributed by atoms with van der Waals surface area (Å²) in [7, 11) is 0. The predicted octanol–water partition coefficient (Wildman–Crippen LogP) is 4.66. The van der Waals surface area contributed by atoms with Crippen LogP contribution in [-0.4, -0.2) is 35.7 Å². The topological polar surface area (TPSA) is 65.4 Å². The van der Waals surface area contributed by atoms with Crippen LogP contribution in [0.25, 0.3) is 0 Å². The van der Waals surface area contributed by atoms with Crippen LogP contribution >= 0.6 is 11.6 Å². The first-order chi connectivity index (χ1) is 11.7. The van der Waals surface area contributed by atoms with Gasteiger partial charge in [0.15, 0.2) is 0 Å². The van der Waals surface area contributed by atoms with Gasteiger partial charge in [-0.15, -0.1) is 0 Å². The number of ether oxygens (including phenoxy) is 1. The summed E-state index contributed by atoms with van der Waals surface area (Å²) in [5.41, 5.74) is 0.865. The van der Waals surface area contributed by atoms with Crippen LogP contribution in [0, 0.1) is 17.2 Å². The summed E-state index contributed by atoms with van der Waals surface area (Å²) in [6.07, 6.45) is 1.75. The van der Waals surface area contributed by atoms with Crippen LogP contribution in [0.4, 0.5) is 10.5 Å². The molecule has 1 saturated heterocycles. The quantitative estimate of drug-likeness (QED) is 0.848. The zero-order valence-electron chi connectivity index (χ0n) is 15.3. The number of nitriles is 1. The highest BCUT2D eigenvalue weighted by Gasteiger charge is 2.30. The molecule has 1 aromatic carbocycles. The molecule has 136 valence electrons. The monoisotopic (exact) mass is 363 g/mol. The molecule has 1 N–H and O–H groups in total. The van der Waals surface area contributed by atoms with E-state index in [9.17, 15) is 4.79 Å². The Balaban J connectivity index is 1.99. The lowest BCUT2D eigenvalue weighted by atomic mass is 9.91. The van der Waals surface area contributed by atoms with Gasteiger partial charge < -0.3 is 15.0 Å². The number of carbonyl (C=O) groups is 1. The van der Waals surface area contributed by atoms with Gasteiger partial charge in [-0.2, -0.15) is 5.26 Å². The van der Waals surface area contributed by atoms with E-state index in [1.165, 1.54) is 0 Å². The van der Waals surface area contributed by atoms with Crippen LogP contribution in [0.15, 0.2) is 18.2 Å². The standard InChI is InChI=1S/C19H26ClN3O2/c1-13(22-17-8-7-14(11-21)10-16(17)20)15-6-5-9-23(12-15)18(24)25-19(2,3)4/h7-8,10,13,15,22H,5-6,9,12H2,1-4H3. The Bertz CT molecular complexity index is 664. The number of rotatable bonds is 3. The van der Waals surface area contributed by atoms with Crippen molar-refractivity contribution >= 4 is 23.4 Å². The van der Waals surface area contributed by atoms with Crippen molar-refractivity contribution in [3.05, 3.63) is 28.8 Å². The second kappa shape index (κ2) is 7.97. The van der Waals surface area contributed by atoms with E-state index in [4.69, 9.17) is 21.6 Å². The number of piperidine rings is 1. The van der Waals surface area contributed by atoms with Crippen LogP contribution in [0.3, 0.4) is 0 Å². The van der Waals surface area contributed by atoms with E-state index in [-0.39, 0.29) is 12.1 Å². The van der Waals surface area contributed by atoms with E-state index in [0.29, 0.717) is 23.0 Å². The summed E-state index contributed by atoms with van der Waals surface area (Å²) in [4.78, 5) is 14.1. The number of nitrogens with one attached hydrogen (secondary N) is 1. The molecule has 0 spiro atoms. The van der Waals surface area contributed by atoms with Crippen molar-refractivity contribution in [3.8, 4) is 6.07 Å². The molecule has 0 aromatic heterocycles. The Morgan fingerprint density at radius 1 is 1.48 bits per heavy atom. The Morgan fingerprint density at radius 3 is 2.80 bits per heavy atom. The second-order valence-corrected chi connectivity index (χ2v) is 7.98. The van der Waals surface area contributed by atoms with Crippen LogP contribution in [-0.2, 0) is 4.74 Å². The second-order valence-electron chi connectivity index (χ2n) is 7.57. The Labute approximate surface area is 154 Å². The molecule has 1 fully saturated rings. The smallest absolute Gasteiger partial charge is 0.410 e. The average Bonchev–Trinajstić information content (AvgIpc) is 2.55. The number of likely N-dealkylation sites (tertiary alicyclic amines) is 1. The third-order valence-corrected chi connectivity index (χ3v) is 4.61. The number of hydrogen-bond acceptors (Lipinski definition) is 4. The number of nitrogens with zero attached hydrogens (tertiary/aromatic N) is 2. The fraction of sp³-hybridized carbons (Fsp3) is 0.579. The first kappa shape index (κ1) is 19.4. The van der Waals surface area contributed by atoms with Crippen molar-refractivity contribution in [1.82, 2.24) is 4.90 Å². The molecule has 5 nitrogen and oxygen atoms in total. The molecule has 0 aliphatic carbocycles. The average molecular weight is 364 g/mol. The minimum atomic E-state index is -0.482. The van der Waals surface area contributed by atoms with Gasteiger partial charge in [-0.1, -0.05) is 11.6 Å². The van der Waals surface area contributed by atoms with Gasteiger partial charge >= 0.3 is 6.09 Å². The van der Waals surface area contributed by atoms with Crippen LogP contribution < -0.4 is 5.32 Å². The first-order valence-electron chi connectivity index (χ1n) is 8.63. The van der Waals surface area contributed by atoms with E-state index in [1.807, 2.05) is 26.8 Å². The summed E-state index contributed by atoms with van der Waals surface area (Å²) in [5.74, 6) is 0.313. The lowest BCUT2D eigenvalue weighted by Gasteiger charge is -2.37. The Hall–Kier alpha value is -1.93. The van der Waals surface area contributed by atoms with Gasteiger partial charge in [0, 0.05) is 19.1 Å². The Morgan fingerprint density at radius 2 is 2.20 bits per heavy atom. The first-order valence-corrected chi connectivity index (χ1v) is 9.01. The summed E-state index contributed by atoms with van der Waals surface area (Å²) in [5, 5.41) is 12.9. The number of anilines is 1. The number of halogens is 1. The lowest BCUT2D eigenvalue weighted by Crippen LogP contribution is -2.46. The van der Waals surface area contributed by atoms with Crippen molar-refractivity contribution in [1.29, 1.82) is 5.26 Å². The third kappa shape index (κ3) is 5.54. The van der Waals surface area contributed by atoms with Gasteiger partial charge in [-0.05, 0) is 64.7 Å². The van der Waals surface area contributed by atoms with Crippen molar-refractivity contribution in [3.63, 3.8) is 0 Å². The molecule has 25 heavy (non-hydrogen) atoms. The van der Waals surface area contributed by atoms with Crippen molar-refractivity contribution in [2.24, 2.45) is 5.92 Å². The summed E-state index contributed by atoms with van der Waals surface area (Å²) in [6.45, 7) is 9.13. The maximum atomic E-state index is 12.3. The maximum absolute atomic E-state index is 12.3. The molecule has 6 heteroatoms. The van der Waals surface area contributed by atoms with Crippen molar-refractivity contribution in [2.75, 3.05) is 18.4 Å². The van der Waals surface area contributed by atoms with E-state index < -0.39 is 5.60 Å². The fourth-order valence-electron chi connectivity index (χ4n) is 2.98. The highest BCUT2D eigenvalue weighted by molar-refractivity contribution is 6.33. The summed E-state index contributed by atoms with van der Waals surface area (Å²) < 4.78 is 5.48. The SMILES string of the molecule is CC(Nc1ccc(C#N)cc1Cl)C1CCCN(C(=O)OC(C)(C)C)C1. The molecule has 0 saturated carbocycles. The predicted molar refractivity (Wildman–Crippen MR) is 99.8 cm³/mol. The van der Waals surface area contributed by atoms with Crippen molar-refractivity contribution < 1.29 is 9.53 Å². The van der Waals surface area contributed by atoms with Gasteiger partial charge in [-0.3, -0.25) is 0 Å². The van der Waals surface area contributed by atoms with E-state index in [1.54, 1.807) is 17.0 Å². The third-order valence-electron chi connectivity index (χ3n) is 4.30. The number of benzene rings is 1. The maximum Gasteiger partial charge on any atom is 0.410 e. The molecule has 2 unspecified atom stereocenters. The molecule has 1 heterocycles. The van der Waals surface area contributed by atoms with Crippen LogP contribution in [0.5, 0.6) is 0 Å². The molecule has 2 rings (SSSR count). The van der Waals surface area contributed by atoms with E-state index >= 15 is 0 Å². The van der Waals surface area contributed by atoms with Crippen LogP contribution in [0.2, 0.25) is 5.02 Å². The molecule has 1 amide bonds. The van der Waals surface area contributed by atoms with Gasteiger partial charge in [0.25, 0.3) is 0 Å². The molecule has 1 aliphatic rings. The normalized spacial score (nSPS) is 19.0. The fourth-order valence-corrected chi connectivity index (χ4v) is 3.21. The van der Waals surface area contributed by atoms with Gasteiger partial charge in [0.1, 0.15) is 5.60 Å². The van der Waals surface area contributed by atoms with Gasteiger partial charge in [0.05, 0.1) is 22.3 Å². The van der Waals surface area contributed by atoms with E-state index in [2.05, 4.69) is 18.3 Å². The van der Waals surface area contributed by atoms with Crippen molar-refractivity contribution in [2.45, 2.75) is 52.2 Å². The number of hydrogen-bond donors (Lipinski definition) is 1. The largest absolute Gasteiger partial charge is 0.444 e. The molecule has 0 bridgehead atoms. The molecular weight excluding hydrogens is 338 g/mol. The highest BCUT2D eigenvalue weighted by atomic mass is 35.5. The van der Waals surface area contributed by atoms with Gasteiger partial charge in [-0.25, -0.2) is 4.79 Å². The summed E-state index contributed by atoms with van der Waals surface area (Å²) >= 11 is 6.24. The zero-order valence-corrected chi connectivity index (χ0v) is 16.1. The molecule has 1 aliphatic heterocycles. The molecule has 2 atom stereocenters. The van der Waals surface area contributed by atoms with Gasteiger partial charge in [0.2, 0.25) is 0 Å². The number of amides is 1. The molecular formula is C19H26ClN3O2. The molecule has 1 aromatic rings. The Kier molecular flexibility index (Phi) is 6.18. The number of carbonyl (C=O) groups excluding carboxylic acids is 1. The minimum Gasteiger partial charge on any atom is -0.444 e.